The minimum Gasteiger partial charge on any atom is -0.333 e. The lowest BCUT2D eigenvalue weighted by Crippen LogP contribution is -2.37. The first-order chi connectivity index (χ1) is 14.3. The van der Waals surface area contributed by atoms with Crippen molar-refractivity contribution in [1.82, 2.24) is 9.88 Å². The third-order valence-corrected chi connectivity index (χ3v) is 6.51. The van der Waals surface area contributed by atoms with Gasteiger partial charge in [-0.15, -0.1) is 11.3 Å². The van der Waals surface area contributed by atoms with Crippen molar-refractivity contribution in [2.24, 2.45) is 0 Å². The highest BCUT2D eigenvalue weighted by Gasteiger charge is 2.33. The van der Waals surface area contributed by atoms with Crippen LogP contribution in [-0.2, 0) is 17.3 Å². The normalized spacial score (nSPS) is 16.7. The van der Waals surface area contributed by atoms with E-state index in [9.17, 15) is 13.6 Å². The molecule has 3 nitrogen and oxygen atoms in total. The molecule has 1 aliphatic heterocycles. The molecule has 0 spiro atoms. The van der Waals surface area contributed by atoms with Crippen molar-refractivity contribution in [3.05, 3.63) is 98.5 Å². The summed E-state index contributed by atoms with van der Waals surface area (Å²) in [4.78, 5) is 19.1. The Bertz CT molecular complexity index is 1100. The summed E-state index contributed by atoms with van der Waals surface area (Å²) in [5.41, 5.74) is 2.93. The van der Waals surface area contributed by atoms with Crippen LogP contribution in [-0.4, -0.2) is 22.3 Å². The molecule has 1 aromatic carbocycles. The van der Waals surface area contributed by atoms with Crippen LogP contribution in [0.4, 0.5) is 8.78 Å². The van der Waals surface area contributed by atoms with E-state index in [-0.39, 0.29) is 5.92 Å². The van der Waals surface area contributed by atoms with Gasteiger partial charge in [0.05, 0.1) is 10.9 Å². The molecule has 0 radical (unpaired) electrons. The zero-order valence-electron chi connectivity index (χ0n) is 16.2. The quantitative estimate of drug-likeness (QED) is 0.467. The Kier molecular flexibility index (Phi) is 5.71. The highest BCUT2D eigenvalue weighted by Crippen LogP contribution is 2.41. The van der Waals surface area contributed by atoms with Gasteiger partial charge in [0.25, 0.3) is 0 Å². The highest BCUT2D eigenvalue weighted by molar-refractivity contribution is 7.16. The molecule has 4 rings (SSSR count). The zero-order valence-corrected chi connectivity index (χ0v) is 17.8. The van der Waals surface area contributed by atoms with Gasteiger partial charge in [0.15, 0.2) is 0 Å². The van der Waals surface area contributed by atoms with Gasteiger partial charge in [0.1, 0.15) is 5.69 Å². The molecule has 3 heterocycles. The van der Waals surface area contributed by atoms with Crippen molar-refractivity contribution < 1.29 is 13.6 Å². The predicted octanol–water partition coefficient (Wildman–Crippen LogP) is 5.93. The third-order valence-electron chi connectivity index (χ3n) is 5.24. The summed E-state index contributed by atoms with van der Waals surface area (Å²) in [6, 6.07) is 14.2. The lowest BCUT2D eigenvalue weighted by molar-refractivity contribution is -0.127. The Balaban J connectivity index is 1.61. The maximum absolute atomic E-state index is 14.4. The van der Waals surface area contributed by atoms with E-state index in [1.165, 1.54) is 29.7 Å². The van der Waals surface area contributed by atoms with Crippen LogP contribution in [0.2, 0.25) is 4.34 Å². The standard InChI is InChI=1S/C23H19ClF2N2OS/c1-15-6-2-3-7-16(15)18-13-28(14-19-17(18)12-21(24)30-19)22(29)9-10-23(25,26)20-8-4-5-11-27-20/h2-12,18H,13-14H2,1H3/b10-9+/t18-/m0/s1. The van der Waals surface area contributed by atoms with Gasteiger partial charge in [-0.05, 0) is 47.9 Å². The Hall–Kier alpha value is -2.57. The molecular weight excluding hydrogens is 426 g/mol. The van der Waals surface area contributed by atoms with Crippen LogP contribution >= 0.6 is 22.9 Å². The van der Waals surface area contributed by atoms with Crippen molar-refractivity contribution in [3.63, 3.8) is 0 Å². The Labute approximate surface area is 182 Å². The van der Waals surface area contributed by atoms with Gasteiger partial charge in [0, 0.05) is 29.6 Å². The van der Waals surface area contributed by atoms with Gasteiger partial charge < -0.3 is 4.90 Å². The molecule has 2 aromatic heterocycles. The number of carbonyl (C=O) groups is 1. The largest absolute Gasteiger partial charge is 0.333 e. The number of hydrogen-bond donors (Lipinski definition) is 0. The smallest absolute Gasteiger partial charge is 0.308 e. The number of fused-ring (bicyclic) bond motifs is 1. The Morgan fingerprint density at radius 3 is 2.73 bits per heavy atom. The summed E-state index contributed by atoms with van der Waals surface area (Å²) < 4.78 is 29.4. The second kappa shape index (κ2) is 8.28. The van der Waals surface area contributed by atoms with Crippen molar-refractivity contribution in [3.8, 4) is 0 Å². The summed E-state index contributed by atoms with van der Waals surface area (Å²) in [5, 5.41) is 0. The Morgan fingerprint density at radius 2 is 2.00 bits per heavy atom. The number of amides is 1. The maximum atomic E-state index is 14.4. The summed E-state index contributed by atoms with van der Waals surface area (Å²) in [7, 11) is 0. The number of nitrogens with zero attached hydrogens (tertiary/aromatic N) is 2. The molecule has 0 unspecified atom stereocenters. The number of carbonyl (C=O) groups excluding carboxylic acids is 1. The van der Waals surface area contributed by atoms with E-state index in [2.05, 4.69) is 4.98 Å². The maximum Gasteiger partial charge on any atom is 0.308 e. The average Bonchev–Trinajstić information content (AvgIpc) is 3.12. The summed E-state index contributed by atoms with van der Waals surface area (Å²) in [6.07, 6.45) is 2.87. The number of thiophene rings is 1. The fourth-order valence-corrected chi connectivity index (χ4v) is 5.08. The van der Waals surface area contributed by atoms with Gasteiger partial charge in [-0.2, -0.15) is 8.78 Å². The van der Waals surface area contributed by atoms with Crippen molar-refractivity contribution in [2.45, 2.75) is 25.3 Å². The van der Waals surface area contributed by atoms with E-state index >= 15 is 0 Å². The topological polar surface area (TPSA) is 33.2 Å². The molecule has 1 aliphatic rings. The number of aromatic nitrogens is 1. The molecule has 0 N–H and O–H groups in total. The van der Waals surface area contributed by atoms with E-state index < -0.39 is 17.5 Å². The molecule has 30 heavy (non-hydrogen) atoms. The van der Waals surface area contributed by atoms with Gasteiger partial charge in [-0.3, -0.25) is 9.78 Å². The fraction of sp³-hybridized carbons (Fsp3) is 0.217. The molecule has 0 aliphatic carbocycles. The molecule has 1 atom stereocenters. The number of halogens is 3. The highest BCUT2D eigenvalue weighted by atomic mass is 35.5. The number of alkyl halides is 2. The van der Waals surface area contributed by atoms with Crippen molar-refractivity contribution in [2.75, 3.05) is 6.54 Å². The monoisotopic (exact) mass is 444 g/mol. The van der Waals surface area contributed by atoms with Gasteiger partial charge in [-0.25, -0.2) is 0 Å². The molecule has 0 saturated carbocycles. The Morgan fingerprint density at radius 1 is 1.23 bits per heavy atom. The van der Waals surface area contributed by atoms with Crippen molar-refractivity contribution in [1.29, 1.82) is 0 Å². The van der Waals surface area contributed by atoms with Crippen LogP contribution in [0, 0.1) is 6.92 Å². The van der Waals surface area contributed by atoms with Crippen molar-refractivity contribution >= 4 is 28.8 Å². The van der Waals surface area contributed by atoms with E-state index in [1.54, 1.807) is 11.0 Å². The first kappa shape index (κ1) is 20.7. The van der Waals surface area contributed by atoms with E-state index in [4.69, 9.17) is 11.6 Å². The van der Waals surface area contributed by atoms with Crippen LogP contribution in [0.5, 0.6) is 0 Å². The predicted molar refractivity (Wildman–Crippen MR) is 115 cm³/mol. The van der Waals surface area contributed by atoms with E-state index in [0.29, 0.717) is 23.5 Å². The van der Waals surface area contributed by atoms with Crippen LogP contribution in [0.3, 0.4) is 0 Å². The van der Waals surface area contributed by atoms with Gasteiger partial charge >= 0.3 is 5.92 Å². The lowest BCUT2D eigenvalue weighted by Gasteiger charge is -2.33. The van der Waals surface area contributed by atoms with E-state index in [1.807, 2.05) is 37.3 Å². The average molecular weight is 445 g/mol. The summed E-state index contributed by atoms with van der Waals surface area (Å²) >= 11 is 7.68. The van der Waals surface area contributed by atoms with Gasteiger partial charge in [-0.1, -0.05) is 41.9 Å². The number of aryl methyl sites for hydroxylation is 1. The number of allylic oxidation sites excluding steroid dienone is 1. The summed E-state index contributed by atoms with van der Waals surface area (Å²) in [5.74, 6) is -3.83. The van der Waals surface area contributed by atoms with Crippen LogP contribution in [0.15, 0.2) is 66.9 Å². The molecule has 1 amide bonds. The summed E-state index contributed by atoms with van der Waals surface area (Å²) in [6.45, 7) is 2.79. The van der Waals surface area contributed by atoms with Crippen LogP contribution < -0.4 is 0 Å². The molecule has 0 fully saturated rings. The number of rotatable bonds is 4. The number of hydrogen-bond acceptors (Lipinski definition) is 3. The second-order valence-electron chi connectivity index (χ2n) is 7.23. The molecule has 0 bridgehead atoms. The lowest BCUT2D eigenvalue weighted by atomic mass is 9.86. The van der Waals surface area contributed by atoms with Crippen LogP contribution in [0.25, 0.3) is 0 Å². The second-order valence-corrected chi connectivity index (χ2v) is 9.00. The SMILES string of the molecule is Cc1ccccc1[C@@H]1CN(C(=O)/C=C/C(F)(F)c2ccccn2)Cc2sc(Cl)cc21. The molecule has 3 aromatic rings. The molecule has 0 saturated heterocycles. The first-order valence-corrected chi connectivity index (χ1v) is 10.7. The fourth-order valence-electron chi connectivity index (χ4n) is 3.72. The number of benzene rings is 1. The molecule has 154 valence electrons. The minimum atomic E-state index is -3.32. The van der Waals surface area contributed by atoms with E-state index in [0.717, 1.165) is 27.6 Å². The molecular formula is C23H19ClF2N2OS. The molecule has 7 heteroatoms. The first-order valence-electron chi connectivity index (χ1n) is 9.46. The van der Waals surface area contributed by atoms with Crippen LogP contribution in [0.1, 0.15) is 33.2 Å². The zero-order chi connectivity index (χ0) is 21.3. The van der Waals surface area contributed by atoms with Gasteiger partial charge in [0.2, 0.25) is 5.91 Å². The third kappa shape index (κ3) is 4.16. The number of pyridine rings is 1. The minimum absolute atomic E-state index is 0.0487.